The Hall–Kier alpha value is -2.42. The van der Waals surface area contributed by atoms with Crippen LogP contribution >= 0.6 is 0 Å². The fourth-order valence-corrected chi connectivity index (χ4v) is 3.27. The molecule has 0 aliphatic carbocycles. The number of carboxylic acid groups (broad SMARTS) is 1. The van der Waals surface area contributed by atoms with Gasteiger partial charge in [-0.15, -0.1) is 4.40 Å². The molecule has 1 unspecified atom stereocenters. The van der Waals surface area contributed by atoms with Crippen molar-refractivity contribution in [2.45, 2.75) is 25.2 Å². The van der Waals surface area contributed by atoms with Crippen molar-refractivity contribution in [2.75, 3.05) is 10.6 Å². The van der Waals surface area contributed by atoms with Gasteiger partial charge in [0.25, 0.3) is 10.0 Å². The van der Waals surface area contributed by atoms with Crippen LogP contribution < -0.4 is 10.6 Å². The Morgan fingerprint density at radius 2 is 2.09 bits per heavy atom. The van der Waals surface area contributed by atoms with E-state index in [2.05, 4.69) is 15.0 Å². The van der Waals surface area contributed by atoms with Crippen LogP contribution in [0.25, 0.3) is 0 Å². The van der Waals surface area contributed by atoms with Crippen molar-refractivity contribution in [3.8, 4) is 0 Å². The quantitative estimate of drug-likeness (QED) is 0.765. The molecule has 1 aliphatic rings. The van der Waals surface area contributed by atoms with E-state index in [0.717, 1.165) is 0 Å². The van der Waals surface area contributed by atoms with E-state index in [1.807, 2.05) is 0 Å². The number of hydrogen-bond acceptors (Lipinski definition) is 5. The molecule has 0 spiro atoms. The fraction of sp³-hybridized carbons (Fsp3) is 0.308. The van der Waals surface area contributed by atoms with Crippen molar-refractivity contribution in [3.63, 3.8) is 0 Å². The molecule has 0 aromatic heterocycles. The molecule has 0 saturated carbocycles. The molecule has 8 nitrogen and oxygen atoms in total. The predicted octanol–water partition coefficient (Wildman–Crippen LogP) is 1.27. The molecule has 9 heteroatoms. The number of carboxylic acids is 1. The Balaban J connectivity index is 2.48. The number of carbonyl (C=O) groups is 2. The number of aliphatic carboxylic acids is 1. The van der Waals surface area contributed by atoms with Crippen LogP contribution in [0.4, 0.5) is 11.4 Å². The number of benzene rings is 1. The lowest BCUT2D eigenvalue weighted by Gasteiger charge is -2.22. The third-order valence-corrected chi connectivity index (χ3v) is 4.44. The summed E-state index contributed by atoms with van der Waals surface area (Å²) in [4.78, 5) is 22.2. The molecule has 1 heterocycles. The van der Waals surface area contributed by atoms with Crippen LogP contribution in [0.15, 0.2) is 27.5 Å². The second-order valence-corrected chi connectivity index (χ2v) is 6.34. The van der Waals surface area contributed by atoms with Gasteiger partial charge in [-0.3, -0.25) is 9.59 Å². The van der Waals surface area contributed by atoms with Crippen molar-refractivity contribution >= 4 is 39.1 Å². The maximum atomic E-state index is 12.2. The second kappa shape index (κ2) is 5.76. The highest BCUT2D eigenvalue weighted by Crippen LogP contribution is 2.31. The zero-order valence-corrected chi connectivity index (χ0v) is 12.8. The highest BCUT2D eigenvalue weighted by Gasteiger charge is 2.31. The van der Waals surface area contributed by atoms with Gasteiger partial charge in [0, 0.05) is 12.6 Å². The van der Waals surface area contributed by atoms with Crippen LogP contribution in [-0.2, 0) is 19.6 Å². The summed E-state index contributed by atoms with van der Waals surface area (Å²) in [5.74, 6) is -2.65. The molecule has 1 aromatic rings. The number of amides is 1. The number of nitrogens with zero attached hydrogens (tertiary/aromatic N) is 1. The Morgan fingerprint density at radius 3 is 2.64 bits per heavy atom. The fourth-order valence-electron chi connectivity index (χ4n) is 2.11. The summed E-state index contributed by atoms with van der Waals surface area (Å²) < 4.78 is 27.9. The summed E-state index contributed by atoms with van der Waals surface area (Å²) >= 11 is 0. The average molecular weight is 325 g/mol. The summed E-state index contributed by atoms with van der Waals surface area (Å²) in [6.07, 6.45) is 0.192. The van der Waals surface area contributed by atoms with Gasteiger partial charge in [0.15, 0.2) is 0 Å². The van der Waals surface area contributed by atoms with Gasteiger partial charge in [-0.05, 0) is 24.6 Å². The van der Waals surface area contributed by atoms with Crippen LogP contribution in [0.2, 0.25) is 0 Å². The SMILES string of the molecule is CCC(C(=O)O)C1=NS(=O)(=O)c2ccc(NC(C)=O)cc2N1. The number of amidine groups is 1. The first-order valence-corrected chi connectivity index (χ1v) is 7.95. The lowest BCUT2D eigenvalue weighted by molar-refractivity contribution is -0.139. The Morgan fingerprint density at radius 1 is 1.41 bits per heavy atom. The molecule has 0 radical (unpaired) electrons. The lowest BCUT2D eigenvalue weighted by Crippen LogP contribution is -2.33. The van der Waals surface area contributed by atoms with E-state index in [1.54, 1.807) is 6.92 Å². The summed E-state index contributed by atoms with van der Waals surface area (Å²) in [6.45, 7) is 2.95. The van der Waals surface area contributed by atoms with E-state index in [1.165, 1.54) is 25.1 Å². The number of carbonyl (C=O) groups excluding carboxylic acids is 1. The normalized spacial score (nSPS) is 16.7. The third kappa shape index (κ3) is 3.08. The maximum Gasteiger partial charge on any atom is 0.314 e. The Kier molecular flexibility index (Phi) is 4.18. The molecule has 1 aliphatic heterocycles. The first-order valence-electron chi connectivity index (χ1n) is 6.51. The molecule has 0 bridgehead atoms. The molecule has 3 N–H and O–H groups in total. The van der Waals surface area contributed by atoms with E-state index in [-0.39, 0.29) is 28.7 Å². The Labute approximate surface area is 127 Å². The van der Waals surface area contributed by atoms with Gasteiger partial charge in [0.05, 0.1) is 5.69 Å². The number of sulfonamides is 1. The van der Waals surface area contributed by atoms with Crippen LogP contribution in [0.5, 0.6) is 0 Å². The second-order valence-electron chi connectivity index (χ2n) is 4.77. The number of rotatable bonds is 4. The minimum atomic E-state index is -3.98. The van der Waals surface area contributed by atoms with Gasteiger partial charge >= 0.3 is 5.97 Å². The largest absolute Gasteiger partial charge is 0.481 e. The molecular formula is C13H15N3O5S. The van der Waals surface area contributed by atoms with Crippen molar-refractivity contribution in [1.82, 2.24) is 0 Å². The minimum Gasteiger partial charge on any atom is -0.481 e. The number of nitrogens with one attached hydrogen (secondary N) is 2. The monoisotopic (exact) mass is 325 g/mol. The molecule has 118 valence electrons. The lowest BCUT2D eigenvalue weighted by atomic mass is 10.1. The van der Waals surface area contributed by atoms with Crippen molar-refractivity contribution in [1.29, 1.82) is 0 Å². The zero-order valence-electron chi connectivity index (χ0n) is 12.0. The standard InChI is InChI=1S/C13H15N3O5S/c1-3-9(13(18)19)12-15-10-6-8(14-7(2)17)4-5-11(10)22(20,21)16-12/h4-6,9H,3H2,1-2H3,(H,14,17)(H,15,16)(H,18,19). The van der Waals surface area contributed by atoms with Gasteiger partial charge in [-0.2, -0.15) is 8.42 Å². The molecule has 0 fully saturated rings. The number of anilines is 2. The van der Waals surface area contributed by atoms with E-state index in [4.69, 9.17) is 5.11 Å². The minimum absolute atomic E-state index is 0.0643. The van der Waals surface area contributed by atoms with Gasteiger partial charge in [0.1, 0.15) is 16.6 Å². The van der Waals surface area contributed by atoms with Crippen LogP contribution in [0.3, 0.4) is 0 Å². The average Bonchev–Trinajstić information content (AvgIpc) is 2.36. The first kappa shape index (κ1) is 16.0. The molecule has 1 atom stereocenters. The van der Waals surface area contributed by atoms with Gasteiger partial charge in [-0.25, -0.2) is 0 Å². The first-order chi connectivity index (χ1) is 10.2. The van der Waals surface area contributed by atoms with Gasteiger partial charge in [-0.1, -0.05) is 6.92 Å². The summed E-state index contributed by atoms with van der Waals surface area (Å²) in [5.41, 5.74) is 0.592. The third-order valence-electron chi connectivity index (χ3n) is 3.10. The predicted molar refractivity (Wildman–Crippen MR) is 80.4 cm³/mol. The van der Waals surface area contributed by atoms with Gasteiger partial charge < -0.3 is 15.7 Å². The van der Waals surface area contributed by atoms with Crippen molar-refractivity contribution in [2.24, 2.45) is 10.3 Å². The van der Waals surface area contributed by atoms with E-state index < -0.39 is 21.9 Å². The van der Waals surface area contributed by atoms with Crippen LogP contribution in [-0.4, -0.2) is 31.2 Å². The highest BCUT2D eigenvalue weighted by atomic mass is 32.2. The van der Waals surface area contributed by atoms with Crippen molar-refractivity contribution in [3.05, 3.63) is 18.2 Å². The van der Waals surface area contributed by atoms with Crippen molar-refractivity contribution < 1.29 is 23.1 Å². The molecule has 22 heavy (non-hydrogen) atoms. The van der Waals surface area contributed by atoms with E-state index in [0.29, 0.717) is 5.69 Å². The zero-order chi connectivity index (χ0) is 16.5. The van der Waals surface area contributed by atoms with Gasteiger partial charge in [0.2, 0.25) is 5.91 Å². The molecule has 1 aromatic carbocycles. The number of fused-ring (bicyclic) bond motifs is 1. The molecule has 2 rings (SSSR count). The smallest absolute Gasteiger partial charge is 0.314 e. The maximum absolute atomic E-state index is 12.2. The van der Waals surface area contributed by atoms with E-state index in [9.17, 15) is 18.0 Å². The summed E-state index contributed by atoms with van der Waals surface area (Å²) in [6, 6.07) is 4.18. The molecule has 1 amide bonds. The molecular weight excluding hydrogens is 310 g/mol. The van der Waals surface area contributed by atoms with Crippen LogP contribution in [0.1, 0.15) is 20.3 Å². The van der Waals surface area contributed by atoms with E-state index >= 15 is 0 Å². The van der Waals surface area contributed by atoms with Crippen LogP contribution in [0, 0.1) is 5.92 Å². The summed E-state index contributed by atoms with van der Waals surface area (Å²) in [5, 5.41) is 14.4. The summed E-state index contributed by atoms with van der Waals surface area (Å²) in [7, 11) is -3.98. The topological polar surface area (TPSA) is 125 Å². The number of hydrogen-bond donors (Lipinski definition) is 3. The Bertz CT molecular complexity index is 770. The molecule has 0 saturated heterocycles. The highest BCUT2D eigenvalue weighted by molar-refractivity contribution is 7.90.